The molecule has 0 amide bonds. The second-order valence-electron chi connectivity index (χ2n) is 4.70. The summed E-state index contributed by atoms with van der Waals surface area (Å²) >= 11 is 0. The zero-order valence-corrected chi connectivity index (χ0v) is 11.7. The Hall–Kier alpha value is -2.69. The first-order chi connectivity index (χ1) is 10.6. The number of fused-ring (bicyclic) bond motifs is 1. The van der Waals surface area contributed by atoms with E-state index in [-0.39, 0.29) is 11.3 Å². The van der Waals surface area contributed by atoms with Gasteiger partial charge in [0.25, 0.3) is 0 Å². The van der Waals surface area contributed by atoms with Crippen molar-refractivity contribution in [1.29, 1.82) is 0 Å². The summed E-state index contributed by atoms with van der Waals surface area (Å²) in [6, 6.07) is 9.78. The first kappa shape index (κ1) is 14.3. The van der Waals surface area contributed by atoms with Gasteiger partial charge in [0.2, 0.25) is 5.78 Å². The fraction of sp³-hybridized carbons (Fsp3) is 0.118. The second kappa shape index (κ2) is 5.60. The van der Waals surface area contributed by atoms with Gasteiger partial charge in [-0.1, -0.05) is 0 Å². The number of carbonyl (C=O) groups is 1. The van der Waals surface area contributed by atoms with E-state index in [0.717, 1.165) is 17.5 Å². The van der Waals surface area contributed by atoms with Crippen LogP contribution in [0, 0.1) is 11.6 Å². The minimum absolute atomic E-state index is 0.0305. The maximum atomic E-state index is 13.2. The average Bonchev–Trinajstić information content (AvgIpc) is 2.93. The van der Waals surface area contributed by atoms with Crippen molar-refractivity contribution in [2.45, 2.75) is 6.92 Å². The van der Waals surface area contributed by atoms with Crippen LogP contribution in [-0.2, 0) is 0 Å². The summed E-state index contributed by atoms with van der Waals surface area (Å²) in [5.74, 6) is -1.87. The molecule has 3 aromatic rings. The topological polar surface area (TPSA) is 39.4 Å². The van der Waals surface area contributed by atoms with Crippen LogP contribution in [0.2, 0.25) is 0 Å². The van der Waals surface area contributed by atoms with Crippen molar-refractivity contribution in [3.63, 3.8) is 0 Å². The number of hydrogen-bond donors (Lipinski definition) is 0. The number of carbonyl (C=O) groups excluding carboxylic acids is 1. The Morgan fingerprint density at radius 1 is 1.09 bits per heavy atom. The second-order valence-corrected chi connectivity index (χ2v) is 4.70. The van der Waals surface area contributed by atoms with Gasteiger partial charge in [0.15, 0.2) is 17.4 Å². The molecular formula is C17H12F2O3. The molecule has 2 aromatic carbocycles. The third kappa shape index (κ3) is 2.57. The summed E-state index contributed by atoms with van der Waals surface area (Å²) in [6.07, 6.45) is 0. The van der Waals surface area contributed by atoms with Crippen molar-refractivity contribution in [2.75, 3.05) is 6.61 Å². The molecule has 0 aliphatic heterocycles. The summed E-state index contributed by atoms with van der Waals surface area (Å²) in [4.78, 5) is 12.3. The van der Waals surface area contributed by atoms with Gasteiger partial charge in [-0.2, -0.15) is 0 Å². The standard InChI is InChI=1S/C17H12F2O3/c1-2-21-12-5-3-10-8-16(22-15(10)9-12)17(20)11-4-6-13(18)14(19)7-11/h3-9H,2H2,1H3. The number of ketones is 1. The third-order valence-electron chi connectivity index (χ3n) is 3.21. The van der Waals surface area contributed by atoms with Gasteiger partial charge in [-0.3, -0.25) is 4.79 Å². The van der Waals surface area contributed by atoms with Gasteiger partial charge in [-0.25, -0.2) is 8.78 Å². The van der Waals surface area contributed by atoms with Gasteiger partial charge in [0, 0.05) is 17.0 Å². The number of rotatable bonds is 4. The quantitative estimate of drug-likeness (QED) is 0.673. The van der Waals surface area contributed by atoms with Gasteiger partial charge < -0.3 is 9.15 Å². The first-order valence-corrected chi connectivity index (χ1v) is 6.74. The minimum Gasteiger partial charge on any atom is -0.494 e. The van der Waals surface area contributed by atoms with Crippen LogP contribution in [0.3, 0.4) is 0 Å². The number of furan rings is 1. The van der Waals surface area contributed by atoms with Crippen molar-refractivity contribution < 1.29 is 22.7 Å². The monoisotopic (exact) mass is 302 g/mol. The van der Waals surface area contributed by atoms with Crippen molar-refractivity contribution in [2.24, 2.45) is 0 Å². The van der Waals surface area contributed by atoms with Crippen molar-refractivity contribution in [3.8, 4) is 5.75 Å². The molecular weight excluding hydrogens is 290 g/mol. The largest absolute Gasteiger partial charge is 0.494 e. The Labute approximate surface area is 125 Å². The molecule has 1 aromatic heterocycles. The van der Waals surface area contributed by atoms with Crippen LogP contribution in [0.15, 0.2) is 46.9 Å². The fourth-order valence-corrected chi connectivity index (χ4v) is 2.16. The zero-order valence-electron chi connectivity index (χ0n) is 11.7. The molecule has 0 spiro atoms. The number of hydrogen-bond acceptors (Lipinski definition) is 3. The highest BCUT2D eigenvalue weighted by atomic mass is 19.2. The molecule has 3 rings (SSSR count). The average molecular weight is 302 g/mol. The van der Waals surface area contributed by atoms with Gasteiger partial charge in [0.05, 0.1) is 6.61 Å². The van der Waals surface area contributed by atoms with E-state index < -0.39 is 17.4 Å². The molecule has 0 N–H and O–H groups in total. The third-order valence-corrected chi connectivity index (χ3v) is 3.21. The highest BCUT2D eigenvalue weighted by Gasteiger charge is 2.16. The fourth-order valence-electron chi connectivity index (χ4n) is 2.16. The van der Waals surface area contributed by atoms with E-state index >= 15 is 0 Å². The lowest BCUT2D eigenvalue weighted by Gasteiger charge is -2.01. The van der Waals surface area contributed by atoms with Crippen molar-refractivity contribution in [1.82, 2.24) is 0 Å². The van der Waals surface area contributed by atoms with E-state index in [1.807, 2.05) is 6.92 Å². The predicted octanol–water partition coefficient (Wildman–Crippen LogP) is 4.34. The van der Waals surface area contributed by atoms with E-state index in [9.17, 15) is 13.6 Å². The summed E-state index contributed by atoms with van der Waals surface area (Å²) < 4.78 is 37.0. The minimum atomic E-state index is -1.07. The van der Waals surface area contributed by atoms with Crippen LogP contribution in [0.4, 0.5) is 8.78 Å². The molecule has 0 unspecified atom stereocenters. The molecule has 0 bridgehead atoms. The summed E-state index contributed by atoms with van der Waals surface area (Å²) in [5, 5.41) is 0.731. The Morgan fingerprint density at radius 2 is 1.91 bits per heavy atom. The Kier molecular flexibility index (Phi) is 3.63. The highest BCUT2D eigenvalue weighted by molar-refractivity contribution is 6.09. The summed E-state index contributed by atoms with van der Waals surface area (Å²) in [7, 11) is 0. The predicted molar refractivity (Wildman–Crippen MR) is 77.2 cm³/mol. The van der Waals surface area contributed by atoms with Crippen molar-refractivity contribution in [3.05, 3.63) is 65.4 Å². The number of halogens is 2. The maximum absolute atomic E-state index is 13.2. The van der Waals surface area contributed by atoms with Crippen molar-refractivity contribution >= 4 is 16.8 Å². The molecule has 5 heteroatoms. The summed E-state index contributed by atoms with van der Waals surface area (Å²) in [6.45, 7) is 2.39. The normalized spacial score (nSPS) is 10.9. The molecule has 0 aliphatic rings. The van der Waals surface area contributed by atoms with Gasteiger partial charge >= 0.3 is 0 Å². The van der Waals surface area contributed by atoms with Gasteiger partial charge in [-0.15, -0.1) is 0 Å². The molecule has 3 nitrogen and oxygen atoms in total. The molecule has 0 fully saturated rings. The van der Waals surface area contributed by atoms with Crippen LogP contribution >= 0.6 is 0 Å². The van der Waals surface area contributed by atoms with Crippen LogP contribution in [0.5, 0.6) is 5.75 Å². The SMILES string of the molecule is CCOc1ccc2cc(C(=O)c3ccc(F)c(F)c3)oc2c1. The first-order valence-electron chi connectivity index (χ1n) is 6.74. The molecule has 1 heterocycles. The Morgan fingerprint density at radius 3 is 2.64 bits per heavy atom. The van der Waals surface area contributed by atoms with Crippen LogP contribution < -0.4 is 4.74 Å². The molecule has 0 aliphatic carbocycles. The molecule has 0 radical (unpaired) electrons. The van der Waals surface area contributed by atoms with E-state index in [1.54, 1.807) is 24.3 Å². The molecule has 0 saturated carbocycles. The van der Waals surface area contributed by atoms with E-state index in [1.165, 1.54) is 6.07 Å². The van der Waals surface area contributed by atoms with Crippen LogP contribution in [0.1, 0.15) is 23.0 Å². The van der Waals surface area contributed by atoms with E-state index in [2.05, 4.69) is 0 Å². The van der Waals surface area contributed by atoms with E-state index in [4.69, 9.17) is 9.15 Å². The highest BCUT2D eigenvalue weighted by Crippen LogP contribution is 2.26. The molecule has 0 saturated heterocycles. The zero-order chi connectivity index (χ0) is 15.7. The molecule has 22 heavy (non-hydrogen) atoms. The molecule has 0 atom stereocenters. The number of ether oxygens (including phenoxy) is 1. The van der Waals surface area contributed by atoms with Gasteiger partial charge in [-0.05, 0) is 43.3 Å². The number of benzene rings is 2. The lowest BCUT2D eigenvalue weighted by molar-refractivity contribution is 0.101. The van der Waals surface area contributed by atoms with Crippen LogP contribution in [0.25, 0.3) is 11.0 Å². The lowest BCUT2D eigenvalue weighted by atomic mass is 10.1. The Bertz CT molecular complexity index is 852. The van der Waals surface area contributed by atoms with Gasteiger partial charge in [0.1, 0.15) is 11.3 Å². The van der Waals surface area contributed by atoms with E-state index in [0.29, 0.717) is 17.9 Å². The maximum Gasteiger partial charge on any atom is 0.228 e. The van der Waals surface area contributed by atoms with Crippen LogP contribution in [-0.4, -0.2) is 12.4 Å². The Balaban J connectivity index is 1.98. The smallest absolute Gasteiger partial charge is 0.228 e. The summed E-state index contributed by atoms with van der Waals surface area (Å²) in [5.41, 5.74) is 0.528. The molecule has 112 valence electrons. The lowest BCUT2D eigenvalue weighted by Crippen LogP contribution is -2.00.